The Balaban J connectivity index is 1.71. The van der Waals surface area contributed by atoms with Crippen LogP contribution < -0.4 is 4.90 Å². The van der Waals surface area contributed by atoms with Gasteiger partial charge in [-0.05, 0) is 79.1 Å². The smallest absolute Gasteiger partial charge is 0.416 e. The number of anilines is 1. The number of carbonyl (C=O) groups excluding carboxylic acids is 2. The highest BCUT2D eigenvalue weighted by atomic mass is 19.4. The van der Waals surface area contributed by atoms with Crippen LogP contribution in [0.25, 0.3) is 22.1 Å². The number of benzene rings is 3. The number of furan rings is 1. The number of nitrogens with zero attached hydrogens (tertiary/aromatic N) is 3. The van der Waals surface area contributed by atoms with Crippen molar-refractivity contribution in [2.45, 2.75) is 26.1 Å². The maximum atomic E-state index is 13.7. The van der Waals surface area contributed by atoms with Crippen molar-refractivity contribution in [3.8, 4) is 17.2 Å². The van der Waals surface area contributed by atoms with E-state index in [1.54, 1.807) is 43.5 Å². The first-order valence-corrected chi connectivity index (χ1v) is 12.0. The van der Waals surface area contributed by atoms with Crippen LogP contribution in [0.2, 0.25) is 0 Å². The highest BCUT2D eigenvalue weighted by Gasteiger charge is 2.41. The van der Waals surface area contributed by atoms with Gasteiger partial charge >= 0.3 is 12.2 Å². The second-order valence-corrected chi connectivity index (χ2v) is 9.32. The van der Waals surface area contributed by atoms with Crippen molar-refractivity contribution in [2.24, 2.45) is 0 Å². The van der Waals surface area contributed by atoms with E-state index in [0.29, 0.717) is 22.3 Å². The van der Waals surface area contributed by atoms with Crippen LogP contribution in [0.4, 0.5) is 23.7 Å². The number of urea groups is 1. The van der Waals surface area contributed by atoms with Crippen molar-refractivity contribution in [1.82, 2.24) is 4.90 Å². The molecular weight excluding hydrogens is 507 g/mol. The lowest BCUT2D eigenvalue weighted by atomic mass is 9.85. The van der Waals surface area contributed by atoms with E-state index < -0.39 is 23.8 Å². The second-order valence-electron chi connectivity index (χ2n) is 9.32. The summed E-state index contributed by atoms with van der Waals surface area (Å²) in [6, 6.07) is 17.5. The number of ketones is 1. The Morgan fingerprint density at radius 3 is 2.51 bits per heavy atom. The fourth-order valence-corrected chi connectivity index (χ4v) is 5.11. The Morgan fingerprint density at radius 1 is 1.05 bits per heavy atom. The number of Topliss-reactive ketones (excluding diaryl/α,β-unsaturated/α-hetero) is 1. The summed E-state index contributed by atoms with van der Waals surface area (Å²) in [6.07, 6.45) is -3.03. The molecule has 1 aliphatic rings. The first-order valence-electron chi connectivity index (χ1n) is 12.0. The van der Waals surface area contributed by atoms with Gasteiger partial charge in [-0.25, -0.2) is 4.79 Å². The maximum absolute atomic E-state index is 13.7. The Kier molecular flexibility index (Phi) is 6.27. The molecule has 1 atom stereocenters. The van der Waals surface area contributed by atoms with Crippen LogP contribution in [0.15, 0.2) is 88.7 Å². The van der Waals surface area contributed by atoms with Gasteiger partial charge in [-0.3, -0.25) is 9.69 Å². The van der Waals surface area contributed by atoms with Gasteiger partial charge in [-0.15, -0.1) is 0 Å². The summed E-state index contributed by atoms with van der Waals surface area (Å²) in [5.74, 6) is -0.338. The number of amides is 2. The number of hydrogen-bond acceptors (Lipinski definition) is 4. The largest absolute Gasteiger partial charge is 0.464 e. The van der Waals surface area contributed by atoms with Crippen LogP contribution in [-0.4, -0.2) is 23.8 Å². The van der Waals surface area contributed by atoms with Gasteiger partial charge in [-0.1, -0.05) is 18.2 Å². The first kappa shape index (κ1) is 25.8. The summed E-state index contributed by atoms with van der Waals surface area (Å²) in [5.41, 5.74) is 2.64. The molecule has 2 amide bonds. The maximum Gasteiger partial charge on any atom is 0.416 e. The molecule has 0 fully saturated rings. The van der Waals surface area contributed by atoms with E-state index >= 15 is 0 Å². The third kappa shape index (κ3) is 4.44. The Labute approximate surface area is 222 Å². The van der Waals surface area contributed by atoms with Gasteiger partial charge < -0.3 is 9.32 Å². The minimum Gasteiger partial charge on any atom is -0.464 e. The molecule has 3 aromatic carbocycles. The topological polar surface area (TPSA) is 77.5 Å². The quantitative estimate of drug-likeness (QED) is 0.275. The summed E-state index contributed by atoms with van der Waals surface area (Å²) < 4.78 is 45.7. The molecule has 0 spiro atoms. The fraction of sp³-hybridized carbons (Fsp3) is 0.167. The highest BCUT2D eigenvalue weighted by Crippen LogP contribution is 2.43. The number of fused-ring (bicyclic) bond motifs is 1. The number of likely N-dealkylation sites (N-methyl/N-ethyl adjacent to an activating group) is 1. The van der Waals surface area contributed by atoms with Gasteiger partial charge in [0, 0.05) is 23.7 Å². The summed E-state index contributed by atoms with van der Waals surface area (Å²) in [5, 5.41) is 10.4. The highest BCUT2D eigenvalue weighted by molar-refractivity contribution is 6.05. The molecule has 0 bridgehead atoms. The summed E-state index contributed by atoms with van der Waals surface area (Å²) >= 11 is 0. The second kappa shape index (κ2) is 9.48. The minimum atomic E-state index is -4.60. The SMILES string of the molecule is CC(=O)C1=C(C)N(c2cccc(C(F)(F)F)c2)C(=O)N(C)C1c1ccc(C#N)cc1-c1ccc2occc2c1. The van der Waals surface area contributed by atoms with Crippen molar-refractivity contribution in [2.75, 3.05) is 11.9 Å². The van der Waals surface area contributed by atoms with Crippen LogP contribution in [-0.2, 0) is 11.0 Å². The molecule has 2 heterocycles. The standard InChI is InChI=1S/C30H22F3N3O3/c1-17-27(18(2)37)28(35(3)29(38)36(17)23-6-4-5-22(15-23)30(31,32)33)24-9-7-19(16-34)13-25(24)20-8-10-26-21(14-20)11-12-39-26/h4-15,28H,1-3H3. The normalized spacial score (nSPS) is 16.1. The van der Waals surface area contributed by atoms with Crippen molar-refractivity contribution >= 4 is 28.5 Å². The minimum absolute atomic E-state index is 0.00170. The molecule has 6 nitrogen and oxygen atoms in total. The van der Waals surface area contributed by atoms with E-state index in [2.05, 4.69) is 6.07 Å². The Morgan fingerprint density at radius 2 is 1.82 bits per heavy atom. The molecule has 9 heteroatoms. The number of nitriles is 1. The third-order valence-corrected chi connectivity index (χ3v) is 6.93. The van der Waals surface area contributed by atoms with E-state index in [9.17, 15) is 28.0 Å². The summed E-state index contributed by atoms with van der Waals surface area (Å²) in [7, 11) is 1.50. The predicted molar refractivity (Wildman–Crippen MR) is 140 cm³/mol. The lowest BCUT2D eigenvalue weighted by molar-refractivity contribution is -0.137. The average Bonchev–Trinajstić information content (AvgIpc) is 3.38. The van der Waals surface area contributed by atoms with Crippen LogP contribution in [0.5, 0.6) is 0 Å². The molecule has 5 rings (SSSR count). The molecule has 196 valence electrons. The number of halogens is 3. The van der Waals surface area contributed by atoms with Crippen LogP contribution in [0.3, 0.4) is 0 Å². The van der Waals surface area contributed by atoms with Crippen LogP contribution >= 0.6 is 0 Å². The monoisotopic (exact) mass is 529 g/mol. The van der Waals surface area contributed by atoms with Crippen molar-refractivity contribution in [3.05, 3.63) is 101 Å². The molecule has 1 unspecified atom stereocenters. The van der Waals surface area contributed by atoms with Gasteiger partial charge in [0.05, 0.1) is 35.2 Å². The van der Waals surface area contributed by atoms with Gasteiger partial charge in [0.25, 0.3) is 0 Å². The van der Waals surface area contributed by atoms with Gasteiger partial charge in [-0.2, -0.15) is 18.4 Å². The Hall–Kier alpha value is -4.84. The number of hydrogen-bond donors (Lipinski definition) is 0. The zero-order valence-electron chi connectivity index (χ0n) is 21.2. The van der Waals surface area contributed by atoms with Crippen molar-refractivity contribution in [1.29, 1.82) is 5.26 Å². The van der Waals surface area contributed by atoms with E-state index in [-0.39, 0.29) is 22.7 Å². The molecule has 39 heavy (non-hydrogen) atoms. The average molecular weight is 530 g/mol. The van der Waals surface area contributed by atoms with Crippen molar-refractivity contribution in [3.63, 3.8) is 0 Å². The molecule has 1 aliphatic heterocycles. The molecular formula is C30H22F3N3O3. The molecule has 0 saturated carbocycles. The van der Waals surface area contributed by atoms with Crippen LogP contribution in [0.1, 0.15) is 36.6 Å². The Bertz CT molecular complexity index is 1710. The lowest BCUT2D eigenvalue weighted by Gasteiger charge is -2.42. The third-order valence-electron chi connectivity index (χ3n) is 6.93. The molecule has 0 aliphatic carbocycles. The first-order chi connectivity index (χ1) is 18.5. The van der Waals surface area contributed by atoms with Gasteiger partial charge in [0.15, 0.2) is 5.78 Å². The van der Waals surface area contributed by atoms with Gasteiger partial charge in [0.2, 0.25) is 0 Å². The van der Waals surface area contributed by atoms with Crippen molar-refractivity contribution < 1.29 is 27.2 Å². The van der Waals surface area contributed by atoms with E-state index in [1.165, 1.54) is 31.0 Å². The lowest BCUT2D eigenvalue weighted by Crippen LogP contribution is -2.49. The fourth-order valence-electron chi connectivity index (χ4n) is 5.11. The zero-order chi connectivity index (χ0) is 28.1. The number of alkyl halides is 3. The van der Waals surface area contributed by atoms with Crippen LogP contribution in [0, 0.1) is 11.3 Å². The van der Waals surface area contributed by atoms with E-state index in [4.69, 9.17) is 4.42 Å². The molecule has 0 saturated heterocycles. The zero-order valence-corrected chi connectivity index (χ0v) is 21.2. The molecule has 1 aromatic heterocycles. The molecule has 4 aromatic rings. The number of allylic oxidation sites excluding steroid dienone is 1. The van der Waals surface area contributed by atoms with E-state index in [0.717, 1.165) is 28.0 Å². The van der Waals surface area contributed by atoms with E-state index in [1.807, 2.05) is 12.1 Å². The molecule has 0 N–H and O–H groups in total. The number of rotatable bonds is 4. The molecule has 0 radical (unpaired) electrons. The number of carbonyl (C=O) groups is 2. The summed E-state index contributed by atoms with van der Waals surface area (Å²) in [6.45, 7) is 2.91. The summed E-state index contributed by atoms with van der Waals surface area (Å²) in [4.78, 5) is 29.3. The van der Waals surface area contributed by atoms with Gasteiger partial charge in [0.1, 0.15) is 5.58 Å². The predicted octanol–water partition coefficient (Wildman–Crippen LogP) is 7.47.